The SMILES string of the molecule is COC1(C(=O)O)CCN(Cc2cc(Br)c(C)s2)CC1. The largest absolute Gasteiger partial charge is 0.479 e. The molecule has 0 aromatic carbocycles. The number of aryl methyl sites for hydroxylation is 1. The number of piperidine rings is 1. The molecule has 1 fully saturated rings. The molecule has 1 N–H and O–H groups in total. The zero-order valence-corrected chi connectivity index (χ0v) is 13.5. The lowest BCUT2D eigenvalue weighted by Gasteiger charge is -2.37. The van der Waals surface area contributed by atoms with Crippen LogP contribution in [0, 0.1) is 6.92 Å². The van der Waals surface area contributed by atoms with Gasteiger partial charge in [0.2, 0.25) is 0 Å². The summed E-state index contributed by atoms with van der Waals surface area (Å²) in [6, 6.07) is 2.15. The number of aliphatic carboxylic acids is 1. The quantitative estimate of drug-likeness (QED) is 0.909. The molecule has 0 saturated carbocycles. The van der Waals surface area contributed by atoms with Crippen LogP contribution in [0.15, 0.2) is 10.5 Å². The minimum absolute atomic E-state index is 0.546. The van der Waals surface area contributed by atoms with Crippen molar-refractivity contribution in [3.05, 3.63) is 20.3 Å². The van der Waals surface area contributed by atoms with E-state index in [4.69, 9.17) is 4.74 Å². The lowest BCUT2D eigenvalue weighted by molar-refractivity contribution is -0.168. The van der Waals surface area contributed by atoms with Crippen molar-refractivity contribution in [2.24, 2.45) is 0 Å². The number of halogens is 1. The predicted octanol–water partition coefficient (Wildman–Crippen LogP) is 2.88. The van der Waals surface area contributed by atoms with Crippen LogP contribution < -0.4 is 0 Å². The number of thiophene rings is 1. The molecular formula is C13H18BrNO3S. The van der Waals surface area contributed by atoms with E-state index in [2.05, 4.69) is 33.8 Å². The molecule has 4 nitrogen and oxygen atoms in total. The summed E-state index contributed by atoms with van der Waals surface area (Å²) < 4.78 is 6.38. The van der Waals surface area contributed by atoms with Crippen molar-refractivity contribution in [2.75, 3.05) is 20.2 Å². The van der Waals surface area contributed by atoms with Crippen molar-refractivity contribution in [1.82, 2.24) is 4.90 Å². The number of hydrogen-bond donors (Lipinski definition) is 1. The van der Waals surface area contributed by atoms with E-state index in [9.17, 15) is 9.90 Å². The molecule has 0 atom stereocenters. The van der Waals surface area contributed by atoms with Crippen LogP contribution in [0.4, 0.5) is 0 Å². The number of likely N-dealkylation sites (tertiary alicyclic amines) is 1. The molecule has 0 radical (unpaired) electrons. The summed E-state index contributed by atoms with van der Waals surface area (Å²) in [4.78, 5) is 16.2. The molecule has 0 spiro atoms. The van der Waals surface area contributed by atoms with Gasteiger partial charge in [-0.3, -0.25) is 4.90 Å². The highest BCUT2D eigenvalue weighted by atomic mass is 79.9. The van der Waals surface area contributed by atoms with Gasteiger partial charge >= 0.3 is 5.97 Å². The minimum Gasteiger partial charge on any atom is -0.479 e. The predicted molar refractivity (Wildman–Crippen MR) is 78.6 cm³/mol. The van der Waals surface area contributed by atoms with Crippen molar-refractivity contribution in [1.29, 1.82) is 0 Å². The normalized spacial score (nSPS) is 19.5. The van der Waals surface area contributed by atoms with Crippen molar-refractivity contribution in [3.8, 4) is 0 Å². The summed E-state index contributed by atoms with van der Waals surface area (Å²) in [5.41, 5.74) is -0.984. The summed E-state index contributed by atoms with van der Waals surface area (Å²) in [7, 11) is 1.49. The average molecular weight is 348 g/mol. The molecule has 1 saturated heterocycles. The van der Waals surface area contributed by atoms with Crippen molar-refractivity contribution >= 4 is 33.2 Å². The van der Waals surface area contributed by atoms with Gasteiger partial charge in [-0.25, -0.2) is 4.79 Å². The lowest BCUT2D eigenvalue weighted by atomic mass is 9.91. The molecule has 0 aliphatic carbocycles. The number of carbonyl (C=O) groups is 1. The Morgan fingerprint density at radius 1 is 1.58 bits per heavy atom. The van der Waals surface area contributed by atoms with Crippen molar-refractivity contribution in [2.45, 2.75) is 31.9 Å². The van der Waals surface area contributed by atoms with Crippen LogP contribution in [0.25, 0.3) is 0 Å². The molecule has 0 amide bonds. The third kappa shape index (κ3) is 3.18. The first-order chi connectivity index (χ1) is 8.97. The topological polar surface area (TPSA) is 49.8 Å². The fourth-order valence-electron chi connectivity index (χ4n) is 2.39. The van der Waals surface area contributed by atoms with E-state index in [-0.39, 0.29) is 0 Å². The summed E-state index contributed by atoms with van der Waals surface area (Å²) in [5, 5.41) is 9.26. The van der Waals surface area contributed by atoms with Crippen LogP contribution in [0.2, 0.25) is 0 Å². The Balaban J connectivity index is 1.95. The van der Waals surface area contributed by atoms with E-state index in [1.54, 1.807) is 11.3 Å². The summed E-state index contributed by atoms with van der Waals surface area (Å²) in [6.07, 6.45) is 1.09. The highest BCUT2D eigenvalue weighted by Crippen LogP contribution is 2.30. The van der Waals surface area contributed by atoms with Gasteiger partial charge in [0.1, 0.15) is 0 Å². The minimum atomic E-state index is -0.984. The number of hydrogen-bond acceptors (Lipinski definition) is 4. The lowest BCUT2D eigenvalue weighted by Crippen LogP contribution is -2.50. The van der Waals surface area contributed by atoms with E-state index >= 15 is 0 Å². The summed E-state index contributed by atoms with van der Waals surface area (Å²) in [6.45, 7) is 4.49. The van der Waals surface area contributed by atoms with E-state index in [1.165, 1.54) is 16.9 Å². The van der Waals surface area contributed by atoms with Crippen LogP contribution in [0.5, 0.6) is 0 Å². The first-order valence-electron chi connectivity index (χ1n) is 6.22. The van der Waals surface area contributed by atoms with Gasteiger partial charge < -0.3 is 9.84 Å². The molecule has 1 aliphatic rings. The van der Waals surface area contributed by atoms with E-state index in [0.717, 1.165) is 24.1 Å². The molecule has 0 bridgehead atoms. The van der Waals surface area contributed by atoms with Crippen LogP contribution in [-0.2, 0) is 16.1 Å². The molecule has 1 aliphatic heterocycles. The Kier molecular flexibility index (Phi) is 4.66. The maximum Gasteiger partial charge on any atom is 0.336 e. The third-order valence-corrected chi connectivity index (χ3v) is 5.85. The van der Waals surface area contributed by atoms with Crippen LogP contribution in [-0.4, -0.2) is 41.8 Å². The van der Waals surface area contributed by atoms with Crippen LogP contribution in [0.1, 0.15) is 22.6 Å². The van der Waals surface area contributed by atoms with Crippen LogP contribution >= 0.6 is 27.3 Å². The number of nitrogens with zero attached hydrogens (tertiary/aromatic N) is 1. The smallest absolute Gasteiger partial charge is 0.336 e. The van der Waals surface area contributed by atoms with Gasteiger partial charge in [0.25, 0.3) is 0 Å². The second-order valence-electron chi connectivity index (χ2n) is 4.90. The van der Waals surface area contributed by atoms with Gasteiger partial charge in [0.05, 0.1) is 0 Å². The Hall–Kier alpha value is -0.430. The molecule has 0 unspecified atom stereocenters. The Labute approximate surface area is 125 Å². The highest BCUT2D eigenvalue weighted by Gasteiger charge is 2.41. The number of methoxy groups -OCH3 is 1. The maximum absolute atomic E-state index is 11.3. The van der Waals surface area contributed by atoms with Crippen LogP contribution in [0.3, 0.4) is 0 Å². The molecule has 19 heavy (non-hydrogen) atoms. The van der Waals surface area contributed by atoms with Gasteiger partial charge in [-0.2, -0.15) is 0 Å². The van der Waals surface area contributed by atoms with Gasteiger partial charge in [-0.05, 0) is 41.8 Å². The maximum atomic E-state index is 11.3. The van der Waals surface area contributed by atoms with Gasteiger partial charge in [0, 0.05) is 41.0 Å². The number of rotatable bonds is 4. The monoisotopic (exact) mass is 347 g/mol. The molecule has 2 rings (SSSR count). The standard InChI is InChI=1S/C13H18BrNO3S/c1-9-11(14)7-10(19-9)8-15-5-3-13(18-2,4-6-15)12(16)17/h7H,3-6,8H2,1-2H3,(H,16,17). The molecule has 106 valence electrons. The molecule has 1 aromatic heterocycles. The molecular weight excluding hydrogens is 330 g/mol. The zero-order chi connectivity index (χ0) is 14.0. The number of carboxylic acid groups (broad SMARTS) is 1. The average Bonchev–Trinajstić information content (AvgIpc) is 2.69. The van der Waals surface area contributed by atoms with Gasteiger partial charge in [0.15, 0.2) is 5.60 Å². The molecule has 2 heterocycles. The first kappa shape index (κ1) is 15.0. The van der Waals surface area contributed by atoms with Crippen molar-refractivity contribution < 1.29 is 14.6 Å². The number of carboxylic acids is 1. The van der Waals surface area contributed by atoms with Gasteiger partial charge in [-0.1, -0.05) is 0 Å². The van der Waals surface area contributed by atoms with E-state index in [1.807, 2.05) is 0 Å². The second-order valence-corrected chi connectivity index (χ2v) is 7.09. The summed E-state index contributed by atoms with van der Waals surface area (Å²) in [5.74, 6) is -0.843. The third-order valence-electron chi connectivity index (χ3n) is 3.73. The highest BCUT2D eigenvalue weighted by molar-refractivity contribution is 9.10. The van der Waals surface area contributed by atoms with E-state index in [0.29, 0.717) is 12.8 Å². The second kappa shape index (κ2) is 5.91. The Morgan fingerprint density at radius 3 is 2.63 bits per heavy atom. The molecule has 1 aromatic rings. The Bertz CT molecular complexity index is 447. The first-order valence-corrected chi connectivity index (χ1v) is 7.83. The molecule has 6 heteroatoms. The fourth-order valence-corrected chi connectivity index (χ4v) is 4.04. The van der Waals surface area contributed by atoms with Crippen molar-refractivity contribution in [3.63, 3.8) is 0 Å². The van der Waals surface area contributed by atoms with E-state index < -0.39 is 11.6 Å². The van der Waals surface area contributed by atoms with Gasteiger partial charge in [-0.15, -0.1) is 11.3 Å². The summed E-state index contributed by atoms with van der Waals surface area (Å²) >= 11 is 5.31. The Morgan fingerprint density at radius 2 is 2.21 bits per heavy atom. The fraction of sp³-hybridized carbons (Fsp3) is 0.615. The number of ether oxygens (including phenoxy) is 1. The zero-order valence-electron chi connectivity index (χ0n) is 11.1.